The summed E-state index contributed by atoms with van der Waals surface area (Å²) in [7, 11) is 0. The monoisotopic (exact) mass is 389 g/mol. The van der Waals surface area contributed by atoms with Crippen molar-refractivity contribution in [2.45, 2.75) is 12.6 Å². The van der Waals surface area contributed by atoms with Gasteiger partial charge in [0.1, 0.15) is 0 Å². The quantitative estimate of drug-likeness (QED) is 0.454. The Morgan fingerprint density at radius 2 is 2.00 bits per heavy atom. The van der Waals surface area contributed by atoms with Crippen molar-refractivity contribution in [3.05, 3.63) is 79.7 Å². The lowest BCUT2D eigenvalue weighted by molar-refractivity contribution is -0.384. The molecule has 0 atom stereocenters. The molecule has 2 aromatic carbocycles. The predicted molar refractivity (Wildman–Crippen MR) is 93.2 cm³/mol. The number of hydrogen-bond acceptors (Lipinski definition) is 5. The van der Waals surface area contributed by atoms with Crippen LogP contribution < -0.4 is 0 Å². The molecular weight excluding hydrogens is 379 g/mol. The average Bonchev–Trinajstić information content (AvgIpc) is 3.09. The van der Waals surface area contributed by atoms with Crippen molar-refractivity contribution < 1.29 is 18.1 Å². The number of aromatic nitrogens is 1. The summed E-state index contributed by atoms with van der Waals surface area (Å²) in [5, 5.41) is 22.0. The molecule has 3 aromatic rings. The summed E-state index contributed by atoms with van der Waals surface area (Å²) in [5.41, 5.74) is -0.0169. The second kappa shape index (κ2) is 7.17. The highest BCUT2D eigenvalue weighted by molar-refractivity contribution is 7.10. The SMILES string of the molecule is N#Cc1ccc(Cc2nc(-c3cccc([N+](=O)[O-])c3)cs2)cc1C(F)(F)F. The van der Waals surface area contributed by atoms with Crippen molar-refractivity contribution in [3.8, 4) is 17.3 Å². The van der Waals surface area contributed by atoms with E-state index in [9.17, 15) is 23.3 Å². The zero-order chi connectivity index (χ0) is 19.6. The summed E-state index contributed by atoms with van der Waals surface area (Å²) in [6, 6.07) is 11.1. The summed E-state index contributed by atoms with van der Waals surface area (Å²) < 4.78 is 39.2. The maximum Gasteiger partial charge on any atom is 0.417 e. The first-order valence-electron chi connectivity index (χ1n) is 7.57. The van der Waals surface area contributed by atoms with Crippen molar-refractivity contribution in [1.82, 2.24) is 4.98 Å². The highest BCUT2D eigenvalue weighted by Crippen LogP contribution is 2.33. The lowest BCUT2D eigenvalue weighted by Crippen LogP contribution is -2.08. The van der Waals surface area contributed by atoms with Gasteiger partial charge in [-0.15, -0.1) is 11.3 Å². The van der Waals surface area contributed by atoms with Crippen LogP contribution in [0.2, 0.25) is 0 Å². The summed E-state index contributed by atoms with van der Waals surface area (Å²) in [4.78, 5) is 14.7. The first kappa shape index (κ1) is 18.5. The van der Waals surface area contributed by atoms with Crippen molar-refractivity contribution in [2.75, 3.05) is 0 Å². The summed E-state index contributed by atoms with van der Waals surface area (Å²) in [6.07, 6.45) is -4.45. The summed E-state index contributed by atoms with van der Waals surface area (Å²) >= 11 is 1.25. The van der Waals surface area contributed by atoms with Gasteiger partial charge < -0.3 is 0 Å². The number of benzene rings is 2. The van der Waals surface area contributed by atoms with E-state index >= 15 is 0 Å². The Bertz CT molecular complexity index is 1050. The molecule has 0 aliphatic rings. The maximum atomic E-state index is 13.1. The number of thiazole rings is 1. The third kappa shape index (κ3) is 4.12. The van der Waals surface area contributed by atoms with Crippen LogP contribution in [0.15, 0.2) is 47.8 Å². The minimum absolute atomic E-state index is 0.0658. The fraction of sp³-hybridized carbons (Fsp3) is 0.111. The van der Waals surface area contributed by atoms with E-state index in [0.717, 1.165) is 12.1 Å². The standard InChI is InChI=1S/C18H10F3N3O2S/c19-18(20,21)15-6-11(4-5-13(15)9-22)7-17-23-16(10-27-17)12-2-1-3-14(8-12)24(25)26/h1-6,8,10H,7H2. The molecule has 0 amide bonds. The van der Waals surface area contributed by atoms with Gasteiger partial charge in [0.2, 0.25) is 0 Å². The van der Waals surface area contributed by atoms with Gasteiger partial charge in [-0.05, 0) is 17.7 Å². The van der Waals surface area contributed by atoms with Gasteiger partial charge in [-0.3, -0.25) is 10.1 Å². The van der Waals surface area contributed by atoms with Crippen molar-refractivity contribution >= 4 is 17.0 Å². The average molecular weight is 389 g/mol. The maximum absolute atomic E-state index is 13.1. The molecule has 0 fully saturated rings. The van der Waals surface area contributed by atoms with Crippen LogP contribution in [0.4, 0.5) is 18.9 Å². The molecule has 0 aliphatic heterocycles. The topological polar surface area (TPSA) is 79.8 Å². The Kier molecular flexibility index (Phi) is 4.92. The molecule has 0 saturated carbocycles. The van der Waals surface area contributed by atoms with Crippen LogP contribution in [0.3, 0.4) is 0 Å². The number of nitrogens with zero attached hydrogens (tertiary/aromatic N) is 3. The van der Waals surface area contributed by atoms with Gasteiger partial charge in [-0.1, -0.05) is 18.2 Å². The smallest absolute Gasteiger partial charge is 0.258 e. The number of rotatable bonds is 4. The number of nitro benzene ring substituents is 1. The molecule has 0 aliphatic carbocycles. The van der Waals surface area contributed by atoms with Gasteiger partial charge in [-0.2, -0.15) is 18.4 Å². The van der Waals surface area contributed by atoms with E-state index in [4.69, 9.17) is 5.26 Å². The molecule has 9 heteroatoms. The number of hydrogen-bond donors (Lipinski definition) is 0. The molecule has 1 heterocycles. The number of nitriles is 1. The molecule has 1 aromatic heterocycles. The number of non-ortho nitro benzene ring substituents is 1. The van der Waals surface area contributed by atoms with Gasteiger partial charge in [0.05, 0.1) is 32.8 Å². The first-order valence-corrected chi connectivity index (χ1v) is 8.45. The Morgan fingerprint density at radius 1 is 1.22 bits per heavy atom. The van der Waals surface area contributed by atoms with Crippen molar-refractivity contribution in [2.24, 2.45) is 0 Å². The molecule has 0 radical (unpaired) electrons. The predicted octanol–water partition coefficient (Wildman–Crippen LogP) is 5.20. The largest absolute Gasteiger partial charge is 0.417 e. The molecular formula is C18H10F3N3O2S. The zero-order valence-electron chi connectivity index (χ0n) is 13.5. The van der Waals surface area contributed by atoms with E-state index in [1.807, 2.05) is 0 Å². The highest BCUT2D eigenvalue weighted by atomic mass is 32.1. The molecule has 0 spiro atoms. The molecule has 5 nitrogen and oxygen atoms in total. The second-order valence-corrected chi connectivity index (χ2v) is 6.54. The Hall–Kier alpha value is -3.25. The van der Waals surface area contributed by atoms with Crippen molar-refractivity contribution in [3.63, 3.8) is 0 Å². The summed E-state index contributed by atoms with van der Waals surface area (Å²) in [6.45, 7) is 0. The minimum atomic E-state index is -4.61. The van der Waals surface area contributed by atoms with Crippen LogP contribution in [0.1, 0.15) is 21.7 Å². The van der Waals surface area contributed by atoms with Gasteiger partial charge in [-0.25, -0.2) is 4.98 Å². The lowest BCUT2D eigenvalue weighted by atomic mass is 10.0. The molecule has 0 bridgehead atoms. The van der Waals surface area contributed by atoms with E-state index in [0.29, 0.717) is 21.8 Å². The van der Waals surface area contributed by atoms with Gasteiger partial charge in [0.25, 0.3) is 5.69 Å². The third-order valence-corrected chi connectivity index (χ3v) is 4.62. The molecule has 136 valence electrons. The van der Waals surface area contributed by atoms with Gasteiger partial charge >= 0.3 is 6.18 Å². The second-order valence-electron chi connectivity index (χ2n) is 5.60. The molecule has 27 heavy (non-hydrogen) atoms. The van der Waals surface area contributed by atoms with E-state index in [1.165, 1.54) is 29.5 Å². The normalized spacial score (nSPS) is 11.2. The number of halogens is 3. The van der Waals surface area contributed by atoms with Crippen LogP contribution in [-0.2, 0) is 12.6 Å². The fourth-order valence-corrected chi connectivity index (χ4v) is 3.35. The van der Waals surface area contributed by atoms with Gasteiger partial charge in [0.15, 0.2) is 0 Å². The van der Waals surface area contributed by atoms with Crippen LogP contribution in [0, 0.1) is 21.4 Å². The van der Waals surface area contributed by atoms with Crippen LogP contribution in [0.25, 0.3) is 11.3 Å². The summed E-state index contributed by atoms with van der Waals surface area (Å²) in [5.74, 6) is 0. The molecule has 3 rings (SSSR count). The van der Waals surface area contributed by atoms with Crippen molar-refractivity contribution in [1.29, 1.82) is 5.26 Å². The Balaban J connectivity index is 1.88. The van der Waals surface area contributed by atoms with E-state index in [-0.39, 0.29) is 12.1 Å². The van der Waals surface area contributed by atoms with E-state index in [1.54, 1.807) is 23.6 Å². The number of alkyl halides is 3. The van der Waals surface area contributed by atoms with E-state index in [2.05, 4.69) is 4.98 Å². The van der Waals surface area contributed by atoms with Gasteiger partial charge in [0, 0.05) is 29.5 Å². The molecule has 0 N–H and O–H groups in total. The number of nitro groups is 1. The van der Waals surface area contributed by atoms with Crippen LogP contribution in [0.5, 0.6) is 0 Å². The fourth-order valence-electron chi connectivity index (χ4n) is 2.51. The third-order valence-electron chi connectivity index (χ3n) is 3.77. The first-order chi connectivity index (χ1) is 12.8. The molecule has 0 unspecified atom stereocenters. The minimum Gasteiger partial charge on any atom is -0.258 e. The lowest BCUT2D eigenvalue weighted by Gasteiger charge is -2.10. The highest BCUT2D eigenvalue weighted by Gasteiger charge is 2.33. The van der Waals surface area contributed by atoms with Crippen LogP contribution >= 0.6 is 11.3 Å². The zero-order valence-corrected chi connectivity index (χ0v) is 14.3. The Labute approximate surface area is 155 Å². The van der Waals surface area contributed by atoms with Crippen LogP contribution in [-0.4, -0.2) is 9.91 Å². The molecule has 0 saturated heterocycles. The van der Waals surface area contributed by atoms with E-state index < -0.39 is 22.2 Å². The Morgan fingerprint density at radius 3 is 2.67 bits per heavy atom.